The van der Waals surface area contributed by atoms with Gasteiger partial charge in [-0.05, 0) is 49.7 Å². The average Bonchev–Trinajstić information content (AvgIpc) is 2.92. The van der Waals surface area contributed by atoms with Crippen LogP contribution in [0.4, 0.5) is 0 Å². The van der Waals surface area contributed by atoms with Crippen molar-refractivity contribution in [1.29, 1.82) is 0 Å². The van der Waals surface area contributed by atoms with E-state index in [4.69, 9.17) is 9.15 Å². The average molecular weight is 310 g/mol. The van der Waals surface area contributed by atoms with Crippen LogP contribution in [0, 0.1) is 6.92 Å². The number of aromatic nitrogens is 4. The number of hydrogen-bond acceptors (Lipinski definition) is 6. The minimum atomic E-state index is -0.527. The van der Waals surface area contributed by atoms with Gasteiger partial charge in [0.05, 0.1) is 6.10 Å². The van der Waals surface area contributed by atoms with Crippen molar-refractivity contribution in [2.75, 3.05) is 0 Å². The largest absolute Gasteiger partial charge is 1.00 e. The maximum Gasteiger partial charge on any atom is 1.00 e. The van der Waals surface area contributed by atoms with Crippen LogP contribution in [0.3, 0.4) is 0 Å². The predicted molar refractivity (Wildman–Crippen MR) is 77.3 cm³/mol. The van der Waals surface area contributed by atoms with Crippen molar-refractivity contribution in [3.05, 3.63) is 34.2 Å². The number of H-pyrrole nitrogens is 1. The number of nitrogens with one attached hydrogen (secondary N) is 1. The van der Waals surface area contributed by atoms with Gasteiger partial charge in [-0.3, -0.25) is 0 Å². The van der Waals surface area contributed by atoms with E-state index in [1.807, 2.05) is 32.9 Å². The van der Waals surface area contributed by atoms with Gasteiger partial charge in [-0.15, -0.1) is 10.2 Å². The molecule has 8 heteroatoms. The van der Waals surface area contributed by atoms with Gasteiger partial charge < -0.3 is 10.6 Å². The molecule has 0 atom stereocenters. The Bertz CT molecular complexity index is 849. The van der Waals surface area contributed by atoms with Crippen molar-refractivity contribution in [3.63, 3.8) is 0 Å². The summed E-state index contributed by atoms with van der Waals surface area (Å²) in [6.45, 7) is 5.78. The molecule has 3 rings (SSSR count). The molecular formula is C14H15N4NaO3. The van der Waals surface area contributed by atoms with Gasteiger partial charge in [0, 0.05) is 5.39 Å². The predicted octanol–water partition coefficient (Wildman–Crippen LogP) is -0.815. The fourth-order valence-electron chi connectivity index (χ4n) is 2.12. The minimum absolute atomic E-state index is 0. The standard InChI is InChI=1S/C14H14N4O3.Na.H/c1-7(2)20-11-5-8(3)4-9-6-10(13-15-17-18-16-13)14(19)21-12(9)11;;/h4-7H,1-3H3,(H,15,16,17,18);;/q;+1;-1. The first-order chi connectivity index (χ1) is 10.0. The van der Waals surface area contributed by atoms with E-state index in [0.29, 0.717) is 11.3 Å². The molecule has 0 aliphatic heterocycles. The van der Waals surface area contributed by atoms with Crippen LogP contribution < -0.4 is 39.9 Å². The van der Waals surface area contributed by atoms with E-state index < -0.39 is 5.63 Å². The Morgan fingerprint density at radius 1 is 1.32 bits per heavy atom. The number of tetrazole rings is 1. The van der Waals surface area contributed by atoms with Gasteiger partial charge in [0.1, 0.15) is 5.56 Å². The monoisotopic (exact) mass is 310 g/mol. The van der Waals surface area contributed by atoms with Crippen LogP contribution >= 0.6 is 0 Å². The maximum atomic E-state index is 12.1. The van der Waals surface area contributed by atoms with Crippen LogP contribution in [0.15, 0.2) is 27.4 Å². The number of hydrogen-bond donors (Lipinski definition) is 1. The second kappa shape index (κ2) is 6.60. The molecule has 22 heavy (non-hydrogen) atoms. The van der Waals surface area contributed by atoms with E-state index in [-0.39, 0.29) is 48.5 Å². The van der Waals surface area contributed by atoms with Gasteiger partial charge in [0.25, 0.3) is 0 Å². The molecule has 0 unspecified atom stereocenters. The van der Waals surface area contributed by atoms with Crippen molar-refractivity contribution in [3.8, 4) is 17.1 Å². The first kappa shape index (κ1) is 16.7. The first-order valence-electron chi connectivity index (χ1n) is 6.53. The molecule has 110 valence electrons. The van der Waals surface area contributed by atoms with Gasteiger partial charge in [-0.2, -0.15) is 5.21 Å². The zero-order valence-electron chi connectivity index (χ0n) is 13.9. The Kier molecular flexibility index (Phi) is 5.00. The summed E-state index contributed by atoms with van der Waals surface area (Å²) in [6.07, 6.45) is -0.0165. The molecule has 0 bridgehead atoms. The molecule has 2 heterocycles. The molecule has 2 aromatic heterocycles. The topological polar surface area (TPSA) is 93.9 Å². The number of fused-ring (bicyclic) bond motifs is 1. The molecule has 1 N–H and O–H groups in total. The van der Waals surface area contributed by atoms with E-state index in [2.05, 4.69) is 20.6 Å². The summed E-state index contributed by atoms with van der Waals surface area (Å²) in [5.41, 5.74) is 1.16. The molecule has 0 aliphatic carbocycles. The van der Waals surface area contributed by atoms with E-state index in [0.717, 1.165) is 10.9 Å². The number of aromatic amines is 1. The Labute approximate surface area is 149 Å². The summed E-state index contributed by atoms with van der Waals surface area (Å²) < 4.78 is 11.1. The fourth-order valence-corrected chi connectivity index (χ4v) is 2.12. The third-order valence-corrected chi connectivity index (χ3v) is 2.89. The molecule has 3 aromatic rings. The summed E-state index contributed by atoms with van der Waals surface area (Å²) in [7, 11) is 0. The molecule has 0 saturated heterocycles. The van der Waals surface area contributed by atoms with Crippen molar-refractivity contribution in [2.45, 2.75) is 26.9 Å². The quantitative estimate of drug-likeness (QED) is 0.502. The van der Waals surface area contributed by atoms with Gasteiger partial charge in [0.15, 0.2) is 11.3 Å². The summed E-state index contributed by atoms with van der Waals surface area (Å²) in [4.78, 5) is 12.1. The first-order valence-corrected chi connectivity index (χ1v) is 6.53. The third-order valence-electron chi connectivity index (χ3n) is 2.89. The number of nitrogens with zero attached hydrogens (tertiary/aromatic N) is 3. The van der Waals surface area contributed by atoms with Crippen molar-refractivity contribution in [1.82, 2.24) is 20.6 Å². The second-order valence-electron chi connectivity index (χ2n) is 5.03. The molecule has 0 saturated carbocycles. The number of benzene rings is 1. The Hall–Kier alpha value is -1.70. The van der Waals surface area contributed by atoms with Crippen LogP contribution in [0.1, 0.15) is 20.8 Å². The number of rotatable bonds is 3. The van der Waals surface area contributed by atoms with Gasteiger partial charge in [0.2, 0.25) is 5.82 Å². The number of aryl methyl sites for hydroxylation is 1. The molecule has 0 spiro atoms. The normalized spacial score (nSPS) is 10.7. The molecule has 0 radical (unpaired) electrons. The zero-order valence-corrected chi connectivity index (χ0v) is 14.9. The van der Waals surface area contributed by atoms with Crippen molar-refractivity contribution in [2.24, 2.45) is 0 Å². The molecule has 7 nitrogen and oxygen atoms in total. The summed E-state index contributed by atoms with van der Waals surface area (Å²) >= 11 is 0. The van der Waals surface area contributed by atoms with Crippen LogP contribution in [0.25, 0.3) is 22.4 Å². The Balaban J connectivity index is 0.00000132. The second-order valence-corrected chi connectivity index (χ2v) is 5.03. The molecule has 0 aliphatic rings. The smallest absolute Gasteiger partial charge is 1.00 e. The van der Waals surface area contributed by atoms with E-state index in [9.17, 15) is 4.79 Å². The molecular weight excluding hydrogens is 295 g/mol. The van der Waals surface area contributed by atoms with E-state index in [1.54, 1.807) is 6.07 Å². The maximum absolute atomic E-state index is 12.1. The Morgan fingerprint density at radius 2 is 2.09 bits per heavy atom. The summed E-state index contributed by atoms with van der Waals surface area (Å²) in [6, 6.07) is 5.44. The molecule has 1 aromatic carbocycles. The fraction of sp³-hybridized carbons (Fsp3) is 0.286. The van der Waals surface area contributed by atoms with Crippen molar-refractivity contribution >= 4 is 11.0 Å². The van der Waals surface area contributed by atoms with Crippen LogP contribution in [-0.4, -0.2) is 26.7 Å². The van der Waals surface area contributed by atoms with Crippen LogP contribution in [0.5, 0.6) is 5.75 Å². The van der Waals surface area contributed by atoms with Gasteiger partial charge in [-0.1, -0.05) is 0 Å². The summed E-state index contributed by atoms with van der Waals surface area (Å²) in [5.74, 6) is 0.759. The minimum Gasteiger partial charge on any atom is -1.00 e. The van der Waals surface area contributed by atoms with E-state index in [1.165, 1.54) is 0 Å². The van der Waals surface area contributed by atoms with E-state index >= 15 is 0 Å². The van der Waals surface area contributed by atoms with Crippen molar-refractivity contribution < 1.29 is 40.1 Å². The molecule has 0 amide bonds. The zero-order chi connectivity index (χ0) is 15.0. The summed E-state index contributed by atoms with van der Waals surface area (Å²) in [5, 5.41) is 14.1. The number of ether oxygens (including phenoxy) is 1. The third kappa shape index (κ3) is 3.21. The van der Waals surface area contributed by atoms with Gasteiger partial charge >= 0.3 is 35.2 Å². The van der Waals surface area contributed by atoms with Gasteiger partial charge in [-0.25, -0.2) is 4.79 Å². The molecule has 0 fully saturated rings. The van der Waals surface area contributed by atoms with Crippen LogP contribution in [0.2, 0.25) is 0 Å². The Morgan fingerprint density at radius 3 is 2.73 bits per heavy atom. The SMILES string of the molecule is Cc1cc(OC(C)C)c2oc(=O)c(-c3nn[nH]n3)cc2c1.[H-].[Na+]. The van der Waals surface area contributed by atoms with Crippen LogP contribution in [-0.2, 0) is 0 Å².